The van der Waals surface area contributed by atoms with Crippen LogP contribution in [0.15, 0.2) is 28.7 Å². The lowest BCUT2D eigenvalue weighted by molar-refractivity contribution is -0.136. The molecule has 0 atom stereocenters. The number of halogens is 1. The highest BCUT2D eigenvalue weighted by Gasteiger charge is 2.39. The number of hydrogen-bond donors (Lipinski definition) is 1. The summed E-state index contributed by atoms with van der Waals surface area (Å²) in [5.41, 5.74) is 0.732. The first-order valence-corrected chi connectivity index (χ1v) is 7.33. The van der Waals surface area contributed by atoms with Crippen LogP contribution in [0.2, 0.25) is 0 Å². The van der Waals surface area contributed by atoms with E-state index in [4.69, 9.17) is 0 Å². The quantitative estimate of drug-likeness (QED) is 0.905. The molecule has 0 aliphatic heterocycles. The van der Waals surface area contributed by atoms with Crippen molar-refractivity contribution in [2.24, 2.45) is 5.41 Å². The zero-order valence-corrected chi connectivity index (χ0v) is 12.6. The van der Waals surface area contributed by atoms with Gasteiger partial charge < -0.3 is 5.32 Å². The average Bonchev–Trinajstić information content (AvgIpc) is 2.36. The zero-order chi connectivity index (χ0) is 13.9. The molecule has 0 aromatic heterocycles. The number of benzene rings is 1. The number of amides is 1. The molecule has 0 unspecified atom stereocenters. The molecule has 1 saturated carbocycles. The summed E-state index contributed by atoms with van der Waals surface area (Å²) in [4.78, 5) is 23.7. The lowest BCUT2D eigenvalue weighted by Crippen LogP contribution is -2.45. The number of Topliss-reactive ketones (excluding diaryl/α,β-unsaturated/α-hetero) is 1. The van der Waals surface area contributed by atoms with Crippen LogP contribution < -0.4 is 5.32 Å². The number of nitrogens with one attached hydrogen (secondary N) is 1. The molecule has 102 valence electrons. The minimum Gasteiger partial charge on any atom is -0.349 e. The molecule has 1 aromatic rings. The number of rotatable bonds is 5. The summed E-state index contributed by atoms with van der Waals surface area (Å²) in [5.74, 6) is 0.0569. The molecular weight excluding hydrogens is 306 g/mol. The summed E-state index contributed by atoms with van der Waals surface area (Å²) in [6.07, 6.45) is 3.33. The first-order chi connectivity index (χ1) is 8.99. The van der Waals surface area contributed by atoms with Gasteiger partial charge in [-0.05, 0) is 30.5 Å². The molecule has 1 N–H and O–H groups in total. The standard InChI is InChI=1S/C15H18BrNO2/c1-15(7-2-8-15)14(19)17-10-13(18)9-11-3-5-12(16)6-4-11/h3-6H,2,7-10H2,1H3,(H,17,19). The van der Waals surface area contributed by atoms with Crippen LogP contribution in [-0.4, -0.2) is 18.2 Å². The molecule has 1 fully saturated rings. The van der Waals surface area contributed by atoms with Crippen molar-refractivity contribution in [3.63, 3.8) is 0 Å². The van der Waals surface area contributed by atoms with E-state index < -0.39 is 0 Å². The summed E-state index contributed by atoms with van der Waals surface area (Å²) in [6, 6.07) is 7.65. The first kappa shape index (κ1) is 14.3. The zero-order valence-electron chi connectivity index (χ0n) is 11.0. The molecule has 0 bridgehead atoms. The molecule has 2 rings (SSSR count). The Morgan fingerprint density at radius 1 is 1.26 bits per heavy atom. The van der Waals surface area contributed by atoms with E-state index in [-0.39, 0.29) is 23.7 Å². The fourth-order valence-electron chi connectivity index (χ4n) is 2.22. The van der Waals surface area contributed by atoms with Crippen molar-refractivity contribution in [1.29, 1.82) is 0 Å². The number of carbonyl (C=O) groups is 2. The molecule has 1 amide bonds. The average molecular weight is 324 g/mol. The third kappa shape index (κ3) is 3.66. The smallest absolute Gasteiger partial charge is 0.226 e. The molecule has 0 spiro atoms. The van der Waals surface area contributed by atoms with Gasteiger partial charge >= 0.3 is 0 Å². The summed E-state index contributed by atoms with van der Waals surface area (Å²) in [7, 11) is 0. The Morgan fingerprint density at radius 2 is 1.89 bits per heavy atom. The molecule has 0 heterocycles. The van der Waals surface area contributed by atoms with Crippen molar-refractivity contribution < 1.29 is 9.59 Å². The molecule has 3 nitrogen and oxygen atoms in total. The van der Waals surface area contributed by atoms with E-state index in [0.717, 1.165) is 29.3 Å². The monoisotopic (exact) mass is 323 g/mol. The Bertz CT molecular complexity index is 477. The van der Waals surface area contributed by atoms with Crippen LogP contribution in [-0.2, 0) is 16.0 Å². The maximum absolute atomic E-state index is 11.9. The highest BCUT2D eigenvalue weighted by molar-refractivity contribution is 9.10. The molecular formula is C15H18BrNO2. The molecule has 4 heteroatoms. The van der Waals surface area contributed by atoms with Gasteiger partial charge in [0.05, 0.1) is 6.54 Å². The second kappa shape index (κ2) is 5.87. The van der Waals surface area contributed by atoms with E-state index in [1.807, 2.05) is 31.2 Å². The highest BCUT2D eigenvalue weighted by atomic mass is 79.9. The van der Waals surface area contributed by atoms with Crippen LogP contribution in [0.1, 0.15) is 31.7 Å². The van der Waals surface area contributed by atoms with E-state index in [0.29, 0.717) is 6.42 Å². The van der Waals surface area contributed by atoms with Gasteiger partial charge in [-0.25, -0.2) is 0 Å². The van der Waals surface area contributed by atoms with Crippen molar-refractivity contribution >= 4 is 27.6 Å². The Balaban J connectivity index is 1.78. The fourth-order valence-corrected chi connectivity index (χ4v) is 2.48. The first-order valence-electron chi connectivity index (χ1n) is 6.54. The van der Waals surface area contributed by atoms with Gasteiger partial charge in [0.2, 0.25) is 5.91 Å². The maximum Gasteiger partial charge on any atom is 0.226 e. The number of hydrogen-bond acceptors (Lipinski definition) is 2. The largest absolute Gasteiger partial charge is 0.349 e. The summed E-state index contributed by atoms with van der Waals surface area (Å²) in [5, 5.41) is 2.76. The van der Waals surface area contributed by atoms with Crippen molar-refractivity contribution in [1.82, 2.24) is 5.32 Å². The maximum atomic E-state index is 11.9. The van der Waals surface area contributed by atoms with Gasteiger partial charge in [0.15, 0.2) is 5.78 Å². The highest BCUT2D eigenvalue weighted by Crippen LogP contribution is 2.40. The van der Waals surface area contributed by atoms with E-state index in [2.05, 4.69) is 21.2 Å². The van der Waals surface area contributed by atoms with Crippen molar-refractivity contribution in [2.45, 2.75) is 32.6 Å². The number of ketones is 1. The minimum absolute atomic E-state index is 0.0166. The van der Waals surface area contributed by atoms with Crippen LogP contribution in [0.4, 0.5) is 0 Å². The van der Waals surface area contributed by atoms with Crippen LogP contribution in [0.5, 0.6) is 0 Å². The van der Waals surface area contributed by atoms with Crippen molar-refractivity contribution in [3.8, 4) is 0 Å². The Morgan fingerprint density at radius 3 is 2.42 bits per heavy atom. The van der Waals surface area contributed by atoms with Gasteiger partial charge in [-0.1, -0.05) is 41.4 Å². The van der Waals surface area contributed by atoms with Crippen LogP contribution in [0.25, 0.3) is 0 Å². The SMILES string of the molecule is CC1(C(=O)NCC(=O)Cc2ccc(Br)cc2)CCC1. The predicted molar refractivity (Wildman–Crippen MR) is 77.8 cm³/mol. The lowest BCUT2D eigenvalue weighted by atomic mass is 9.70. The minimum atomic E-state index is -0.238. The summed E-state index contributed by atoms with van der Waals surface area (Å²) in [6.45, 7) is 2.09. The van der Waals surface area contributed by atoms with Gasteiger partial charge in [-0.2, -0.15) is 0 Å². The Kier molecular flexibility index (Phi) is 4.40. The van der Waals surface area contributed by atoms with Crippen LogP contribution in [0, 0.1) is 5.41 Å². The van der Waals surface area contributed by atoms with Gasteiger partial charge in [0.1, 0.15) is 0 Å². The predicted octanol–water partition coefficient (Wildman–Crippen LogP) is 2.87. The van der Waals surface area contributed by atoms with Crippen molar-refractivity contribution in [3.05, 3.63) is 34.3 Å². The summed E-state index contributed by atoms with van der Waals surface area (Å²) < 4.78 is 0.995. The van der Waals surface area contributed by atoms with E-state index >= 15 is 0 Å². The molecule has 1 aliphatic carbocycles. The normalized spacial score (nSPS) is 16.5. The van der Waals surface area contributed by atoms with Gasteiger partial charge in [0, 0.05) is 16.3 Å². The molecule has 1 aliphatic rings. The topological polar surface area (TPSA) is 46.2 Å². The van der Waals surface area contributed by atoms with Gasteiger partial charge in [0.25, 0.3) is 0 Å². The van der Waals surface area contributed by atoms with E-state index in [9.17, 15) is 9.59 Å². The van der Waals surface area contributed by atoms with E-state index in [1.165, 1.54) is 0 Å². The third-order valence-electron chi connectivity index (χ3n) is 3.77. The molecule has 0 saturated heterocycles. The second-order valence-electron chi connectivity index (χ2n) is 5.44. The Labute approximate surface area is 121 Å². The summed E-state index contributed by atoms with van der Waals surface area (Å²) >= 11 is 3.36. The molecule has 0 radical (unpaired) electrons. The van der Waals surface area contributed by atoms with Crippen LogP contribution in [0.3, 0.4) is 0 Å². The number of carbonyl (C=O) groups excluding carboxylic acids is 2. The molecule has 19 heavy (non-hydrogen) atoms. The molecule has 1 aromatic carbocycles. The van der Waals surface area contributed by atoms with Gasteiger partial charge in [-0.15, -0.1) is 0 Å². The van der Waals surface area contributed by atoms with Crippen LogP contribution >= 0.6 is 15.9 Å². The lowest BCUT2D eigenvalue weighted by Gasteiger charge is -2.36. The van der Waals surface area contributed by atoms with E-state index in [1.54, 1.807) is 0 Å². The van der Waals surface area contributed by atoms with Crippen molar-refractivity contribution in [2.75, 3.05) is 6.54 Å². The Hall–Kier alpha value is -1.16. The van der Waals surface area contributed by atoms with Gasteiger partial charge in [-0.3, -0.25) is 9.59 Å². The fraction of sp³-hybridized carbons (Fsp3) is 0.467. The second-order valence-corrected chi connectivity index (χ2v) is 6.35. The third-order valence-corrected chi connectivity index (χ3v) is 4.29.